The molecule has 4 rings (SSSR count). The van der Waals surface area contributed by atoms with Crippen LogP contribution in [0.5, 0.6) is 0 Å². The van der Waals surface area contributed by atoms with Gasteiger partial charge in [-0.2, -0.15) is 0 Å². The second kappa shape index (κ2) is 15.3. The summed E-state index contributed by atoms with van der Waals surface area (Å²) in [5.41, 5.74) is 14.3. The number of hydrogen-bond acceptors (Lipinski definition) is 4. The summed E-state index contributed by atoms with van der Waals surface area (Å²) in [6.07, 6.45) is 18.0. The molecule has 1 unspecified atom stereocenters. The Balaban J connectivity index is 1.39. The van der Waals surface area contributed by atoms with Crippen molar-refractivity contribution >= 4 is 16.9 Å². The average Bonchev–Trinajstić information content (AvgIpc) is 3.24. The van der Waals surface area contributed by atoms with Crippen LogP contribution in [0, 0.1) is 17.7 Å². The molecule has 2 aliphatic rings. The molecule has 0 radical (unpaired) electrons. The molecule has 4 N–H and O–H groups in total. The number of piperidine rings is 1. The summed E-state index contributed by atoms with van der Waals surface area (Å²) in [7, 11) is 0. The Hall–Kier alpha value is -3.29. The number of unbranched alkanes of at least 4 members (excludes halogenated alkanes) is 1. The first-order chi connectivity index (χ1) is 20.3. The van der Waals surface area contributed by atoms with E-state index in [-0.39, 0.29) is 29.4 Å². The van der Waals surface area contributed by atoms with Crippen molar-refractivity contribution in [2.45, 2.75) is 103 Å². The summed E-state index contributed by atoms with van der Waals surface area (Å²) in [5.74, 6) is 0.398. The maximum Gasteiger partial charge on any atom is 0.329 e. The SMILES string of the molecule is C=C(N)/C=C(\C=C/N)CCCCC(CCC)C(=O)N1CCC(n2c(=O)n(CC3CCCCC3)c3cc(F)ccc32)CC1. The Morgan fingerprint density at radius 1 is 1.10 bits per heavy atom. The van der Waals surface area contributed by atoms with E-state index >= 15 is 0 Å². The number of carbonyl (C=O) groups excluding carboxylic acids is 1. The van der Waals surface area contributed by atoms with Crippen molar-refractivity contribution in [2.24, 2.45) is 23.3 Å². The number of amides is 1. The number of allylic oxidation sites excluding steroid dienone is 3. The molecule has 1 atom stereocenters. The fraction of sp³-hybridized carbons (Fsp3) is 0.588. The Kier molecular flexibility index (Phi) is 11.5. The van der Waals surface area contributed by atoms with Crippen LogP contribution in [-0.4, -0.2) is 33.0 Å². The summed E-state index contributed by atoms with van der Waals surface area (Å²) in [5, 5.41) is 0. The summed E-state index contributed by atoms with van der Waals surface area (Å²) in [6, 6.07) is 4.73. The van der Waals surface area contributed by atoms with Crippen molar-refractivity contribution in [1.29, 1.82) is 0 Å². The van der Waals surface area contributed by atoms with Crippen molar-refractivity contribution in [1.82, 2.24) is 14.0 Å². The molecule has 1 aromatic heterocycles. The van der Waals surface area contributed by atoms with Gasteiger partial charge in [0.2, 0.25) is 5.91 Å². The van der Waals surface area contributed by atoms with Gasteiger partial charge in [-0.05, 0) is 99.4 Å². The van der Waals surface area contributed by atoms with E-state index in [1.807, 2.05) is 26.2 Å². The zero-order chi connectivity index (χ0) is 30.1. The number of nitrogens with zero attached hydrogens (tertiary/aromatic N) is 3. The van der Waals surface area contributed by atoms with E-state index in [4.69, 9.17) is 11.5 Å². The van der Waals surface area contributed by atoms with Gasteiger partial charge in [-0.3, -0.25) is 13.9 Å². The van der Waals surface area contributed by atoms with E-state index in [1.54, 1.807) is 6.07 Å². The van der Waals surface area contributed by atoms with E-state index in [0.717, 1.165) is 75.3 Å². The molecule has 1 saturated carbocycles. The topological polar surface area (TPSA) is 99.3 Å². The smallest absolute Gasteiger partial charge is 0.329 e. The van der Waals surface area contributed by atoms with Gasteiger partial charge >= 0.3 is 5.69 Å². The standard InChI is InChI=1S/C34H50FN5O2/c1-3-9-28(13-8-7-10-26(16-19-36)22-25(2)37)33(41)38-20-17-30(18-21-38)40-31-15-14-29(35)23-32(31)39(34(40)42)24-27-11-5-4-6-12-27/h14-16,19,22-23,27-28,30H,2-13,17-18,20-21,24,36-37H2,1H3/b19-16-,26-22-. The third kappa shape index (κ3) is 7.96. The number of fused-ring (bicyclic) bond motifs is 1. The largest absolute Gasteiger partial charge is 0.405 e. The highest BCUT2D eigenvalue weighted by atomic mass is 19.1. The predicted molar refractivity (Wildman–Crippen MR) is 169 cm³/mol. The number of carbonyl (C=O) groups is 1. The number of rotatable bonds is 13. The monoisotopic (exact) mass is 579 g/mol. The van der Waals surface area contributed by atoms with Crippen LogP contribution in [0.3, 0.4) is 0 Å². The van der Waals surface area contributed by atoms with E-state index in [0.29, 0.717) is 36.8 Å². The lowest BCUT2D eigenvalue weighted by atomic mass is 9.89. The zero-order valence-corrected chi connectivity index (χ0v) is 25.4. The van der Waals surface area contributed by atoms with E-state index in [1.165, 1.54) is 37.6 Å². The van der Waals surface area contributed by atoms with Crippen molar-refractivity contribution < 1.29 is 9.18 Å². The number of aromatic nitrogens is 2. The van der Waals surface area contributed by atoms with Crippen molar-refractivity contribution in [3.63, 3.8) is 0 Å². The molecule has 1 amide bonds. The minimum Gasteiger partial charge on any atom is -0.405 e. The van der Waals surface area contributed by atoms with Crippen LogP contribution >= 0.6 is 0 Å². The lowest BCUT2D eigenvalue weighted by Gasteiger charge is -2.35. The van der Waals surface area contributed by atoms with Gasteiger partial charge in [0.1, 0.15) is 5.82 Å². The molecule has 2 heterocycles. The van der Waals surface area contributed by atoms with Gasteiger partial charge in [-0.15, -0.1) is 0 Å². The summed E-state index contributed by atoms with van der Waals surface area (Å²) in [6.45, 7) is 7.81. The van der Waals surface area contributed by atoms with Crippen LogP contribution in [0.1, 0.15) is 96.4 Å². The van der Waals surface area contributed by atoms with Gasteiger partial charge in [0, 0.05) is 37.3 Å². The number of likely N-dealkylation sites (tertiary alicyclic amines) is 1. The maximum absolute atomic E-state index is 14.3. The number of nitrogens with two attached hydrogens (primary N) is 2. The molecular formula is C34H50FN5O2. The van der Waals surface area contributed by atoms with E-state index in [2.05, 4.69) is 13.5 Å². The Bertz CT molecular complexity index is 1330. The lowest BCUT2D eigenvalue weighted by molar-refractivity contribution is -0.137. The molecule has 1 aliphatic heterocycles. The first-order valence-corrected chi connectivity index (χ1v) is 16.0. The molecule has 2 fully saturated rings. The highest BCUT2D eigenvalue weighted by Crippen LogP contribution is 2.30. The third-order valence-electron chi connectivity index (χ3n) is 9.17. The fourth-order valence-corrected chi connectivity index (χ4v) is 7.04. The quantitative estimate of drug-likeness (QED) is 0.208. The van der Waals surface area contributed by atoms with Gasteiger partial charge in [0.05, 0.1) is 11.0 Å². The van der Waals surface area contributed by atoms with Gasteiger partial charge in [0.15, 0.2) is 0 Å². The highest BCUT2D eigenvalue weighted by molar-refractivity contribution is 5.79. The molecule has 230 valence electrons. The molecule has 1 aromatic carbocycles. The van der Waals surface area contributed by atoms with Crippen molar-refractivity contribution in [3.8, 4) is 0 Å². The second-order valence-corrected chi connectivity index (χ2v) is 12.3. The van der Waals surface area contributed by atoms with Crippen LogP contribution in [0.2, 0.25) is 0 Å². The first-order valence-electron chi connectivity index (χ1n) is 16.0. The van der Waals surface area contributed by atoms with Crippen LogP contribution in [-0.2, 0) is 11.3 Å². The first kappa shape index (κ1) is 31.6. The molecule has 0 spiro atoms. The minimum atomic E-state index is -0.313. The molecule has 2 aromatic rings. The van der Waals surface area contributed by atoms with Crippen molar-refractivity contribution in [2.75, 3.05) is 13.1 Å². The van der Waals surface area contributed by atoms with Crippen molar-refractivity contribution in [3.05, 3.63) is 70.7 Å². The number of imidazole rings is 1. The number of benzene rings is 1. The lowest BCUT2D eigenvalue weighted by Crippen LogP contribution is -2.43. The molecular weight excluding hydrogens is 529 g/mol. The highest BCUT2D eigenvalue weighted by Gasteiger charge is 2.30. The Morgan fingerprint density at radius 2 is 1.83 bits per heavy atom. The predicted octanol–water partition coefficient (Wildman–Crippen LogP) is 6.53. The minimum absolute atomic E-state index is 0.00449. The summed E-state index contributed by atoms with van der Waals surface area (Å²) < 4.78 is 18.0. The summed E-state index contributed by atoms with van der Waals surface area (Å²) in [4.78, 5) is 29.4. The van der Waals surface area contributed by atoms with Gasteiger partial charge in [-0.1, -0.05) is 45.6 Å². The Labute approximate surface area is 250 Å². The van der Waals surface area contributed by atoms with Gasteiger partial charge in [-0.25, -0.2) is 9.18 Å². The Morgan fingerprint density at radius 3 is 2.50 bits per heavy atom. The van der Waals surface area contributed by atoms with Crippen LogP contribution < -0.4 is 17.2 Å². The number of halogens is 1. The molecule has 8 heteroatoms. The normalized spacial score (nSPS) is 18.2. The van der Waals surface area contributed by atoms with E-state index in [9.17, 15) is 14.0 Å². The number of hydrogen-bond donors (Lipinski definition) is 2. The van der Waals surface area contributed by atoms with Gasteiger partial charge in [0.25, 0.3) is 0 Å². The maximum atomic E-state index is 14.3. The zero-order valence-electron chi connectivity index (χ0n) is 25.4. The average molecular weight is 580 g/mol. The summed E-state index contributed by atoms with van der Waals surface area (Å²) >= 11 is 0. The van der Waals surface area contributed by atoms with Crippen LogP contribution in [0.4, 0.5) is 4.39 Å². The van der Waals surface area contributed by atoms with E-state index < -0.39 is 0 Å². The molecule has 7 nitrogen and oxygen atoms in total. The van der Waals surface area contributed by atoms with Crippen LogP contribution in [0.15, 0.2) is 59.2 Å². The second-order valence-electron chi connectivity index (χ2n) is 12.3. The molecule has 0 bridgehead atoms. The van der Waals surface area contributed by atoms with Crippen LogP contribution in [0.25, 0.3) is 11.0 Å². The molecule has 1 aliphatic carbocycles. The molecule has 42 heavy (non-hydrogen) atoms. The third-order valence-corrected chi connectivity index (χ3v) is 9.17. The molecule has 1 saturated heterocycles. The van der Waals surface area contributed by atoms with Gasteiger partial charge < -0.3 is 16.4 Å². The fourth-order valence-electron chi connectivity index (χ4n) is 7.04.